The van der Waals surface area contributed by atoms with Gasteiger partial charge in [0.05, 0.1) is 0 Å². The van der Waals surface area contributed by atoms with Gasteiger partial charge in [0, 0.05) is 19.8 Å². The summed E-state index contributed by atoms with van der Waals surface area (Å²) in [6, 6.07) is 0.435. The quantitative estimate of drug-likeness (QED) is 0.347. The molecule has 0 aliphatic rings. The average Bonchev–Trinajstić information content (AvgIpc) is 2.11. The molecule has 0 saturated heterocycles. The number of ether oxygens (including phenoxy) is 1. The zero-order valence-corrected chi connectivity index (χ0v) is 8.47. The number of hydrazine groups is 1. The van der Waals surface area contributed by atoms with Crippen molar-refractivity contribution >= 4 is 0 Å². The molecule has 0 fully saturated rings. The Morgan fingerprint density at radius 3 is 2.58 bits per heavy atom. The fraction of sp³-hybridized carbons (Fsp3) is 1.00. The van der Waals surface area contributed by atoms with Gasteiger partial charge in [0.25, 0.3) is 0 Å². The molecule has 0 spiro atoms. The number of methoxy groups -OCH3 is 1. The van der Waals surface area contributed by atoms with E-state index in [0.717, 1.165) is 19.4 Å². The molecule has 0 saturated carbocycles. The highest BCUT2D eigenvalue weighted by molar-refractivity contribution is 4.69. The first kappa shape index (κ1) is 11.9. The maximum atomic E-state index is 5.44. The third-order valence-corrected chi connectivity index (χ3v) is 2.41. The van der Waals surface area contributed by atoms with Crippen LogP contribution in [0.25, 0.3) is 0 Å². The molecule has 0 aromatic rings. The molecule has 3 heteroatoms. The predicted molar refractivity (Wildman–Crippen MR) is 51.7 cm³/mol. The average molecular weight is 174 g/mol. The van der Waals surface area contributed by atoms with Crippen LogP contribution < -0.4 is 11.3 Å². The van der Waals surface area contributed by atoms with E-state index in [-0.39, 0.29) is 0 Å². The van der Waals surface area contributed by atoms with E-state index in [1.165, 1.54) is 6.42 Å². The topological polar surface area (TPSA) is 47.3 Å². The Balaban J connectivity index is 3.52. The predicted octanol–water partition coefficient (Wildman–Crippen LogP) is 1.29. The molecular formula is C9H22N2O. The van der Waals surface area contributed by atoms with Crippen LogP contribution >= 0.6 is 0 Å². The summed E-state index contributed by atoms with van der Waals surface area (Å²) < 4.78 is 4.98. The van der Waals surface area contributed by atoms with Crippen molar-refractivity contribution in [2.45, 2.75) is 39.2 Å². The summed E-state index contributed by atoms with van der Waals surface area (Å²) in [5.74, 6) is 6.09. The normalized spacial score (nSPS) is 16.0. The summed E-state index contributed by atoms with van der Waals surface area (Å²) in [4.78, 5) is 0. The summed E-state index contributed by atoms with van der Waals surface area (Å²) in [5.41, 5.74) is 2.86. The zero-order chi connectivity index (χ0) is 9.40. The van der Waals surface area contributed by atoms with Crippen molar-refractivity contribution in [3.05, 3.63) is 0 Å². The van der Waals surface area contributed by atoms with Gasteiger partial charge < -0.3 is 4.74 Å². The van der Waals surface area contributed by atoms with E-state index >= 15 is 0 Å². The van der Waals surface area contributed by atoms with Crippen molar-refractivity contribution in [1.82, 2.24) is 5.43 Å². The molecule has 0 amide bonds. The molecule has 12 heavy (non-hydrogen) atoms. The van der Waals surface area contributed by atoms with Crippen molar-refractivity contribution in [3.8, 4) is 0 Å². The van der Waals surface area contributed by atoms with Crippen molar-refractivity contribution in [1.29, 1.82) is 0 Å². The van der Waals surface area contributed by atoms with Gasteiger partial charge in [0.15, 0.2) is 0 Å². The minimum absolute atomic E-state index is 0.435. The van der Waals surface area contributed by atoms with E-state index in [0.29, 0.717) is 12.0 Å². The van der Waals surface area contributed by atoms with Gasteiger partial charge in [-0.05, 0) is 18.8 Å². The van der Waals surface area contributed by atoms with Crippen molar-refractivity contribution < 1.29 is 4.74 Å². The minimum Gasteiger partial charge on any atom is -0.385 e. The Labute approximate surface area is 75.6 Å². The van der Waals surface area contributed by atoms with E-state index in [4.69, 9.17) is 10.6 Å². The standard InChI is InChI=1S/C9H22N2O/c1-4-8(2)9(11-10)6-5-7-12-3/h8-9,11H,4-7,10H2,1-3H3. The number of nitrogens with one attached hydrogen (secondary N) is 1. The second kappa shape index (κ2) is 7.53. The molecule has 3 nitrogen and oxygen atoms in total. The Morgan fingerprint density at radius 2 is 2.17 bits per heavy atom. The summed E-state index contributed by atoms with van der Waals surface area (Å²) in [6.45, 7) is 5.23. The largest absolute Gasteiger partial charge is 0.385 e. The van der Waals surface area contributed by atoms with Crippen molar-refractivity contribution in [3.63, 3.8) is 0 Å². The first-order chi connectivity index (χ1) is 5.76. The fourth-order valence-electron chi connectivity index (χ4n) is 1.26. The number of nitrogens with two attached hydrogens (primary N) is 1. The number of hydrogen-bond donors (Lipinski definition) is 2. The summed E-state index contributed by atoms with van der Waals surface area (Å²) in [7, 11) is 1.73. The van der Waals surface area contributed by atoms with Crippen LogP contribution in [-0.2, 0) is 4.74 Å². The Hall–Kier alpha value is -0.120. The monoisotopic (exact) mass is 174 g/mol. The second-order valence-corrected chi connectivity index (χ2v) is 3.29. The molecule has 0 aliphatic carbocycles. The van der Waals surface area contributed by atoms with E-state index in [1.807, 2.05) is 0 Å². The lowest BCUT2D eigenvalue weighted by molar-refractivity contribution is 0.184. The van der Waals surface area contributed by atoms with Gasteiger partial charge in [0.1, 0.15) is 0 Å². The van der Waals surface area contributed by atoms with Crippen molar-refractivity contribution in [2.75, 3.05) is 13.7 Å². The maximum Gasteiger partial charge on any atom is 0.0462 e. The Kier molecular flexibility index (Phi) is 7.45. The highest BCUT2D eigenvalue weighted by atomic mass is 16.5. The SMILES string of the molecule is CCC(C)C(CCCOC)NN. The van der Waals surface area contributed by atoms with E-state index in [9.17, 15) is 0 Å². The van der Waals surface area contributed by atoms with Crippen LogP contribution in [0.5, 0.6) is 0 Å². The van der Waals surface area contributed by atoms with Crippen LogP contribution in [0.15, 0.2) is 0 Å². The van der Waals surface area contributed by atoms with Gasteiger partial charge in [-0.1, -0.05) is 20.3 Å². The lowest BCUT2D eigenvalue weighted by Crippen LogP contribution is -2.39. The van der Waals surface area contributed by atoms with Gasteiger partial charge in [0.2, 0.25) is 0 Å². The molecular weight excluding hydrogens is 152 g/mol. The molecule has 2 atom stereocenters. The molecule has 0 rings (SSSR count). The van der Waals surface area contributed by atoms with E-state index in [2.05, 4.69) is 19.3 Å². The van der Waals surface area contributed by atoms with Gasteiger partial charge >= 0.3 is 0 Å². The first-order valence-corrected chi connectivity index (χ1v) is 4.71. The van der Waals surface area contributed by atoms with Gasteiger partial charge in [-0.15, -0.1) is 0 Å². The highest BCUT2D eigenvalue weighted by Gasteiger charge is 2.12. The smallest absolute Gasteiger partial charge is 0.0462 e. The van der Waals surface area contributed by atoms with Crippen LogP contribution in [0, 0.1) is 5.92 Å². The number of hydrogen-bond acceptors (Lipinski definition) is 3. The highest BCUT2D eigenvalue weighted by Crippen LogP contribution is 2.11. The summed E-state index contributed by atoms with van der Waals surface area (Å²) in [5, 5.41) is 0. The molecule has 0 aromatic heterocycles. The van der Waals surface area contributed by atoms with E-state index in [1.54, 1.807) is 7.11 Å². The molecule has 2 unspecified atom stereocenters. The van der Waals surface area contributed by atoms with Crippen molar-refractivity contribution in [2.24, 2.45) is 11.8 Å². The Bertz CT molecular complexity index is 98.5. The molecule has 74 valence electrons. The third-order valence-electron chi connectivity index (χ3n) is 2.41. The maximum absolute atomic E-state index is 5.44. The lowest BCUT2D eigenvalue weighted by Gasteiger charge is -2.21. The molecule has 3 N–H and O–H groups in total. The molecule has 0 aromatic carbocycles. The van der Waals surface area contributed by atoms with Gasteiger partial charge in [-0.3, -0.25) is 11.3 Å². The zero-order valence-electron chi connectivity index (χ0n) is 8.47. The van der Waals surface area contributed by atoms with Crippen LogP contribution in [0.1, 0.15) is 33.1 Å². The Morgan fingerprint density at radius 1 is 1.50 bits per heavy atom. The van der Waals surface area contributed by atoms with E-state index < -0.39 is 0 Å². The molecule has 0 bridgehead atoms. The van der Waals surface area contributed by atoms with Crippen LogP contribution in [0.2, 0.25) is 0 Å². The summed E-state index contributed by atoms with van der Waals surface area (Å²) in [6.07, 6.45) is 3.34. The lowest BCUT2D eigenvalue weighted by atomic mass is 9.96. The molecule has 0 aliphatic heterocycles. The number of rotatable bonds is 7. The molecule has 0 radical (unpaired) electrons. The second-order valence-electron chi connectivity index (χ2n) is 3.29. The summed E-state index contributed by atoms with van der Waals surface area (Å²) >= 11 is 0. The van der Waals surface area contributed by atoms with Crippen LogP contribution in [0.3, 0.4) is 0 Å². The fourth-order valence-corrected chi connectivity index (χ4v) is 1.26. The van der Waals surface area contributed by atoms with Gasteiger partial charge in [-0.2, -0.15) is 0 Å². The van der Waals surface area contributed by atoms with Crippen LogP contribution in [-0.4, -0.2) is 19.8 Å². The third kappa shape index (κ3) is 4.70. The van der Waals surface area contributed by atoms with Crippen LogP contribution in [0.4, 0.5) is 0 Å². The minimum atomic E-state index is 0.435. The molecule has 0 heterocycles. The first-order valence-electron chi connectivity index (χ1n) is 4.71. The van der Waals surface area contributed by atoms with Gasteiger partial charge in [-0.25, -0.2) is 0 Å².